The quantitative estimate of drug-likeness (QED) is 0.616. The molecule has 0 aliphatic heterocycles. The van der Waals surface area contributed by atoms with Crippen LogP contribution >= 0.6 is 0 Å². The van der Waals surface area contributed by atoms with E-state index in [1.54, 1.807) is 12.3 Å². The lowest BCUT2D eigenvalue weighted by atomic mass is 10.1. The molecular formula is C13H18N4. The summed E-state index contributed by atoms with van der Waals surface area (Å²) in [6.07, 6.45) is 8.64. The Kier molecular flexibility index (Phi) is 4.48. The zero-order chi connectivity index (χ0) is 12.8. The Hall–Kier alpha value is -2.07. The summed E-state index contributed by atoms with van der Waals surface area (Å²) < 4.78 is 0. The van der Waals surface area contributed by atoms with Crippen molar-refractivity contribution in [3.63, 3.8) is 0 Å². The molecule has 0 aliphatic carbocycles. The van der Waals surface area contributed by atoms with E-state index in [1.165, 1.54) is 6.20 Å². The van der Waals surface area contributed by atoms with Crippen LogP contribution in [0.25, 0.3) is 12.7 Å². The van der Waals surface area contributed by atoms with Crippen LogP contribution in [-0.4, -0.2) is 11.0 Å². The molecule has 4 heteroatoms. The van der Waals surface area contributed by atoms with Crippen molar-refractivity contribution in [3.05, 3.63) is 46.8 Å². The number of pyridine rings is 1. The zero-order valence-corrected chi connectivity index (χ0v) is 9.93. The minimum Gasteiger partial charge on any atom is -0.404 e. The predicted molar refractivity (Wildman–Crippen MR) is 72.9 cm³/mol. The highest BCUT2D eigenvalue weighted by atomic mass is 14.7. The van der Waals surface area contributed by atoms with Crippen molar-refractivity contribution in [1.29, 1.82) is 0 Å². The van der Waals surface area contributed by atoms with Crippen molar-refractivity contribution < 1.29 is 0 Å². The molecule has 1 heterocycles. The van der Waals surface area contributed by atoms with Gasteiger partial charge in [0, 0.05) is 23.1 Å². The van der Waals surface area contributed by atoms with Crippen molar-refractivity contribution in [2.45, 2.75) is 13.0 Å². The van der Waals surface area contributed by atoms with Crippen LogP contribution in [0.1, 0.15) is 6.92 Å². The third-order valence-corrected chi connectivity index (χ3v) is 2.39. The second kappa shape index (κ2) is 5.86. The summed E-state index contributed by atoms with van der Waals surface area (Å²) in [6, 6.07) is 1.62. The predicted octanol–water partition coefficient (Wildman–Crippen LogP) is -0.399. The molecule has 1 unspecified atom stereocenters. The first-order valence-corrected chi connectivity index (χ1v) is 5.31. The van der Waals surface area contributed by atoms with E-state index in [9.17, 15) is 0 Å². The molecule has 0 bridgehead atoms. The van der Waals surface area contributed by atoms with Gasteiger partial charge in [0.2, 0.25) is 0 Å². The molecule has 0 saturated heterocycles. The van der Waals surface area contributed by atoms with Crippen LogP contribution < -0.4 is 27.8 Å². The van der Waals surface area contributed by atoms with Gasteiger partial charge in [0.1, 0.15) is 0 Å². The Morgan fingerprint density at radius 2 is 2.24 bits per heavy atom. The molecule has 0 aliphatic rings. The summed E-state index contributed by atoms with van der Waals surface area (Å²) in [5.41, 5.74) is 18.4. The van der Waals surface area contributed by atoms with Crippen molar-refractivity contribution >= 4 is 18.3 Å². The third-order valence-electron chi connectivity index (χ3n) is 2.39. The highest BCUT2D eigenvalue weighted by molar-refractivity contribution is 5.45. The molecule has 0 radical (unpaired) electrons. The molecule has 6 N–H and O–H groups in total. The van der Waals surface area contributed by atoms with E-state index >= 15 is 0 Å². The number of aromatic nitrogens is 1. The van der Waals surface area contributed by atoms with Crippen LogP contribution in [0.2, 0.25) is 0 Å². The van der Waals surface area contributed by atoms with E-state index in [4.69, 9.17) is 17.2 Å². The van der Waals surface area contributed by atoms with Crippen LogP contribution in [0.3, 0.4) is 0 Å². The monoisotopic (exact) mass is 230 g/mol. The lowest BCUT2D eigenvalue weighted by Gasteiger charge is -2.03. The Bertz CT molecular complexity index is 541. The van der Waals surface area contributed by atoms with Gasteiger partial charge in [-0.1, -0.05) is 18.7 Å². The molecule has 1 aromatic rings. The van der Waals surface area contributed by atoms with Crippen LogP contribution in [0.4, 0.5) is 5.69 Å². The molecule has 0 spiro atoms. The molecule has 90 valence electrons. The van der Waals surface area contributed by atoms with Crippen LogP contribution in [0.5, 0.6) is 0 Å². The molecule has 1 atom stereocenters. The smallest absolute Gasteiger partial charge is 0.0716 e. The van der Waals surface area contributed by atoms with Gasteiger partial charge in [0.05, 0.1) is 5.35 Å². The highest BCUT2D eigenvalue weighted by Crippen LogP contribution is 1.99. The highest BCUT2D eigenvalue weighted by Gasteiger charge is 1.96. The Morgan fingerprint density at radius 1 is 1.53 bits per heavy atom. The summed E-state index contributed by atoms with van der Waals surface area (Å²) in [5.74, 6) is 0. The first-order chi connectivity index (χ1) is 8.06. The summed E-state index contributed by atoms with van der Waals surface area (Å²) in [6.45, 7) is 5.73. The van der Waals surface area contributed by atoms with E-state index in [1.807, 2.05) is 25.2 Å². The largest absolute Gasteiger partial charge is 0.404 e. The molecule has 0 amide bonds. The molecule has 0 saturated carbocycles. The van der Waals surface area contributed by atoms with E-state index in [2.05, 4.69) is 11.6 Å². The number of nitrogen functional groups attached to an aromatic ring is 1. The molecule has 0 aromatic carbocycles. The number of nitrogens with two attached hydrogens (primary N) is 3. The van der Waals surface area contributed by atoms with Gasteiger partial charge >= 0.3 is 0 Å². The fourth-order valence-electron chi connectivity index (χ4n) is 1.28. The fourth-order valence-corrected chi connectivity index (χ4v) is 1.28. The van der Waals surface area contributed by atoms with Crippen molar-refractivity contribution in [1.82, 2.24) is 4.98 Å². The Morgan fingerprint density at radius 3 is 2.82 bits per heavy atom. The van der Waals surface area contributed by atoms with E-state index in [-0.39, 0.29) is 6.04 Å². The molecule has 1 rings (SSSR count). The molecule has 1 aromatic heterocycles. The molecule has 0 fully saturated rings. The second-order valence-corrected chi connectivity index (χ2v) is 3.75. The van der Waals surface area contributed by atoms with Gasteiger partial charge in [-0.3, -0.25) is 4.98 Å². The number of allylic oxidation sites excluding steroid dienone is 1. The standard InChI is InChI=1S/C13H18N4/c1-9-12(16)6-7-17-13(9)5-3-4-11(8-14)10(2)15/h3-8,10H,1,14-16H2,2H3/b4-3+,11-8-,13-5+. The number of hydrogen-bond acceptors (Lipinski definition) is 4. The maximum Gasteiger partial charge on any atom is 0.0716 e. The molecule has 4 nitrogen and oxygen atoms in total. The second-order valence-electron chi connectivity index (χ2n) is 3.75. The maximum absolute atomic E-state index is 5.73. The summed E-state index contributed by atoms with van der Waals surface area (Å²) in [4.78, 5) is 4.18. The lowest BCUT2D eigenvalue weighted by Crippen LogP contribution is -2.28. The normalized spacial score (nSPS) is 15.4. The number of anilines is 1. The van der Waals surface area contributed by atoms with Crippen LogP contribution in [0.15, 0.2) is 36.2 Å². The van der Waals surface area contributed by atoms with Crippen molar-refractivity contribution in [2.24, 2.45) is 11.5 Å². The average molecular weight is 230 g/mol. The Balaban J connectivity index is 3.03. The Labute approximate surface area is 101 Å². The zero-order valence-electron chi connectivity index (χ0n) is 9.93. The van der Waals surface area contributed by atoms with Crippen molar-refractivity contribution in [3.8, 4) is 0 Å². The lowest BCUT2D eigenvalue weighted by molar-refractivity contribution is 0.881. The minimum atomic E-state index is -0.0994. The molecular weight excluding hydrogens is 212 g/mol. The fraction of sp³-hybridized carbons (Fsp3) is 0.154. The van der Waals surface area contributed by atoms with E-state index < -0.39 is 0 Å². The van der Waals surface area contributed by atoms with E-state index in [0.29, 0.717) is 5.69 Å². The topological polar surface area (TPSA) is 90.9 Å². The van der Waals surface area contributed by atoms with Gasteiger partial charge in [-0.2, -0.15) is 0 Å². The number of rotatable bonds is 3. The summed E-state index contributed by atoms with van der Waals surface area (Å²) in [5, 5.41) is 1.46. The van der Waals surface area contributed by atoms with Gasteiger partial charge < -0.3 is 17.2 Å². The number of hydrogen-bond donors (Lipinski definition) is 3. The van der Waals surface area contributed by atoms with Crippen LogP contribution in [0, 0.1) is 0 Å². The first kappa shape index (κ1) is 13.0. The molecule has 17 heavy (non-hydrogen) atoms. The summed E-state index contributed by atoms with van der Waals surface area (Å²) in [7, 11) is 0. The van der Waals surface area contributed by atoms with Gasteiger partial charge in [0.15, 0.2) is 0 Å². The van der Waals surface area contributed by atoms with Gasteiger partial charge in [-0.05, 0) is 30.8 Å². The number of nitrogens with zero attached hydrogens (tertiary/aromatic N) is 1. The summed E-state index contributed by atoms with van der Waals surface area (Å²) >= 11 is 0. The maximum atomic E-state index is 5.73. The first-order valence-electron chi connectivity index (χ1n) is 5.31. The van der Waals surface area contributed by atoms with Crippen LogP contribution in [-0.2, 0) is 0 Å². The van der Waals surface area contributed by atoms with E-state index in [0.717, 1.165) is 16.1 Å². The third kappa shape index (κ3) is 3.46. The van der Waals surface area contributed by atoms with Gasteiger partial charge in [0.25, 0.3) is 0 Å². The van der Waals surface area contributed by atoms with Gasteiger partial charge in [-0.25, -0.2) is 0 Å². The minimum absolute atomic E-state index is 0.0994. The van der Waals surface area contributed by atoms with Gasteiger partial charge in [-0.15, -0.1) is 0 Å². The van der Waals surface area contributed by atoms with Crippen molar-refractivity contribution in [2.75, 3.05) is 5.73 Å². The SMILES string of the molecule is C=c1c(N)ccn/c1=C/C=C/C(=C/N)C(C)N. The average Bonchev–Trinajstić information content (AvgIpc) is 2.29.